The van der Waals surface area contributed by atoms with Crippen molar-refractivity contribution in [1.82, 2.24) is 0 Å². The maximum absolute atomic E-state index is 10.2. The van der Waals surface area contributed by atoms with E-state index in [1.807, 2.05) is 0 Å². The molecule has 2 heteroatoms. The SMILES string of the molecule is CCCCCCCCOCCCCCC[O]. The van der Waals surface area contributed by atoms with E-state index in [9.17, 15) is 5.11 Å². The molecule has 0 amide bonds. The van der Waals surface area contributed by atoms with Crippen molar-refractivity contribution >= 4 is 0 Å². The fourth-order valence-corrected chi connectivity index (χ4v) is 1.75. The summed E-state index contributed by atoms with van der Waals surface area (Å²) in [5.41, 5.74) is 0. The molecule has 0 bridgehead atoms. The summed E-state index contributed by atoms with van der Waals surface area (Å²) in [5, 5.41) is 10.2. The van der Waals surface area contributed by atoms with E-state index >= 15 is 0 Å². The number of unbranched alkanes of at least 4 members (excludes halogenated alkanes) is 8. The first-order chi connectivity index (χ1) is 7.91. The smallest absolute Gasteiger partial charge is 0.0822 e. The zero-order valence-corrected chi connectivity index (χ0v) is 11.0. The van der Waals surface area contributed by atoms with Crippen LogP contribution in [0.5, 0.6) is 0 Å². The highest BCUT2D eigenvalue weighted by atomic mass is 16.5. The molecule has 0 unspecified atom stereocenters. The fraction of sp³-hybridized carbons (Fsp3) is 1.00. The van der Waals surface area contributed by atoms with Gasteiger partial charge in [0.15, 0.2) is 0 Å². The van der Waals surface area contributed by atoms with Crippen LogP contribution in [0.2, 0.25) is 0 Å². The van der Waals surface area contributed by atoms with Gasteiger partial charge in [0.2, 0.25) is 0 Å². The van der Waals surface area contributed by atoms with Gasteiger partial charge in [-0.1, -0.05) is 51.9 Å². The van der Waals surface area contributed by atoms with E-state index in [2.05, 4.69) is 6.92 Å². The molecule has 0 saturated carbocycles. The van der Waals surface area contributed by atoms with Crippen LogP contribution in [-0.2, 0) is 9.84 Å². The largest absolute Gasteiger partial charge is 0.381 e. The minimum absolute atomic E-state index is 0.0820. The van der Waals surface area contributed by atoms with E-state index in [0.717, 1.165) is 38.9 Å². The third-order valence-electron chi connectivity index (χ3n) is 2.83. The van der Waals surface area contributed by atoms with Crippen LogP contribution in [0.3, 0.4) is 0 Å². The zero-order chi connectivity index (χ0) is 11.9. The minimum atomic E-state index is 0.0820. The predicted molar refractivity (Wildman–Crippen MR) is 68.2 cm³/mol. The van der Waals surface area contributed by atoms with Crippen LogP contribution in [0.25, 0.3) is 0 Å². The molecular weight excluding hydrogens is 200 g/mol. The summed E-state index contributed by atoms with van der Waals surface area (Å²) in [7, 11) is 0. The lowest BCUT2D eigenvalue weighted by Crippen LogP contribution is -1.97. The Hall–Kier alpha value is -0.0800. The molecule has 0 fully saturated rings. The van der Waals surface area contributed by atoms with Gasteiger partial charge in [0.25, 0.3) is 0 Å². The van der Waals surface area contributed by atoms with E-state index in [0.29, 0.717) is 0 Å². The maximum atomic E-state index is 10.2. The molecule has 0 aromatic carbocycles. The zero-order valence-electron chi connectivity index (χ0n) is 11.0. The first kappa shape index (κ1) is 15.9. The summed E-state index contributed by atoms with van der Waals surface area (Å²) in [5.74, 6) is 0. The van der Waals surface area contributed by atoms with Crippen molar-refractivity contribution in [3.63, 3.8) is 0 Å². The van der Waals surface area contributed by atoms with Gasteiger partial charge in [-0.25, -0.2) is 5.11 Å². The summed E-state index contributed by atoms with van der Waals surface area (Å²) in [6.07, 6.45) is 12.1. The van der Waals surface area contributed by atoms with Crippen molar-refractivity contribution in [2.75, 3.05) is 19.8 Å². The molecule has 97 valence electrons. The van der Waals surface area contributed by atoms with Gasteiger partial charge >= 0.3 is 0 Å². The first-order valence-corrected chi connectivity index (χ1v) is 7.07. The highest BCUT2D eigenvalue weighted by Crippen LogP contribution is 2.05. The summed E-state index contributed by atoms with van der Waals surface area (Å²) >= 11 is 0. The maximum Gasteiger partial charge on any atom is 0.0822 e. The van der Waals surface area contributed by atoms with E-state index in [4.69, 9.17) is 4.74 Å². The van der Waals surface area contributed by atoms with E-state index in [1.54, 1.807) is 0 Å². The van der Waals surface area contributed by atoms with Crippen LogP contribution < -0.4 is 0 Å². The lowest BCUT2D eigenvalue weighted by atomic mass is 10.1. The Labute approximate surface area is 101 Å². The molecule has 0 aliphatic rings. The molecule has 0 aromatic rings. The summed E-state index contributed by atoms with van der Waals surface area (Å²) < 4.78 is 5.54. The second kappa shape index (κ2) is 14.9. The Balaban J connectivity index is 2.83. The molecule has 0 heterocycles. The predicted octanol–water partition coefficient (Wildman–Crippen LogP) is 4.35. The van der Waals surface area contributed by atoms with Gasteiger partial charge in [-0.2, -0.15) is 0 Å². The molecule has 0 rings (SSSR count). The molecule has 0 saturated heterocycles. The van der Waals surface area contributed by atoms with Crippen molar-refractivity contribution in [3.8, 4) is 0 Å². The second-order valence-corrected chi connectivity index (χ2v) is 4.50. The Bertz CT molecular complexity index is 101. The average Bonchev–Trinajstić information content (AvgIpc) is 2.31. The molecule has 2 nitrogen and oxygen atoms in total. The summed E-state index contributed by atoms with van der Waals surface area (Å²) in [6.45, 7) is 4.14. The number of ether oxygens (including phenoxy) is 1. The fourth-order valence-electron chi connectivity index (χ4n) is 1.75. The molecule has 0 aromatic heterocycles. The highest BCUT2D eigenvalue weighted by Gasteiger charge is 1.92. The van der Waals surface area contributed by atoms with Gasteiger partial charge in [-0.15, -0.1) is 0 Å². The van der Waals surface area contributed by atoms with Gasteiger partial charge in [-0.05, 0) is 19.3 Å². The molecule has 0 atom stereocenters. The summed E-state index contributed by atoms with van der Waals surface area (Å²) in [4.78, 5) is 0. The van der Waals surface area contributed by atoms with Crippen molar-refractivity contribution in [3.05, 3.63) is 0 Å². The first-order valence-electron chi connectivity index (χ1n) is 7.07. The quantitative estimate of drug-likeness (QED) is 0.432. The Kier molecular flexibility index (Phi) is 14.8. The standard InChI is InChI=1S/C14H29O2/c1-2-3-4-5-7-10-13-16-14-11-8-6-9-12-15/h2-14H2,1H3. The number of rotatable bonds is 13. The van der Waals surface area contributed by atoms with Crippen molar-refractivity contribution < 1.29 is 9.84 Å². The average molecular weight is 229 g/mol. The van der Waals surface area contributed by atoms with Crippen molar-refractivity contribution in [2.45, 2.75) is 71.1 Å². The lowest BCUT2D eigenvalue weighted by molar-refractivity contribution is 0.124. The Morgan fingerprint density at radius 2 is 1.19 bits per heavy atom. The van der Waals surface area contributed by atoms with Crippen LogP contribution in [0, 0.1) is 0 Å². The monoisotopic (exact) mass is 229 g/mol. The minimum Gasteiger partial charge on any atom is -0.381 e. The van der Waals surface area contributed by atoms with Crippen molar-refractivity contribution in [1.29, 1.82) is 0 Å². The third-order valence-corrected chi connectivity index (χ3v) is 2.83. The van der Waals surface area contributed by atoms with Crippen LogP contribution in [0.15, 0.2) is 0 Å². The number of hydrogen-bond donors (Lipinski definition) is 0. The molecule has 0 aliphatic heterocycles. The molecule has 0 N–H and O–H groups in total. The van der Waals surface area contributed by atoms with Crippen LogP contribution in [-0.4, -0.2) is 19.8 Å². The Morgan fingerprint density at radius 1 is 0.688 bits per heavy atom. The topological polar surface area (TPSA) is 29.1 Å². The van der Waals surface area contributed by atoms with E-state index in [1.165, 1.54) is 38.5 Å². The number of hydrogen-bond acceptors (Lipinski definition) is 1. The molecule has 0 aliphatic carbocycles. The summed E-state index contributed by atoms with van der Waals surface area (Å²) in [6, 6.07) is 0. The van der Waals surface area contributed by atoms with Gasteiger partial charge in [0, 0.05) is 13.2 Å². The molecule has 16 heavy (non-hydrogen) atoms. The second-order valence-electron chi connectivity index (χ2n) is 4.50. The van der Waals surface area contributed by atoms with Gasteiger partial charge in [0.05, 0.1) is 6.61 Å². The van der Waals surface area contributed by atoms with Gasteiger partial charge in [0.1, 0.15) is 0 Å². The Morgan fingerprint density at radius 3 is 1.75 bits per heavy atom. The van der Waals surface area contributed by atoms with Crippen LogP contribution in [0.4, 0.5) is 0 Å². The van der Waals surface area contributed by atoms with Crippen LogP contribution in [0.1, 0.15) is 71.1 Å². The third kappa shape index (κ3) is 13.9. The molecular formula is C14H29O2. The molecule has 0 spiro atoms. The van der Waals surface area contributed by atoms with E-state index in [-0.39, 0.29) is 6.61 Å². The van der Waals surface area contributed by atoms with E-state index < -0.39 is 0 Å². The van der Waals surface area contributed by atoms with Gasteiger partial charge < -0.3 is 4.74 Å². The van der Waals surface area contributed by atoms with Gasteiger partial charge in [-0.3, -0.25) is 0 Å². The normalized spacial score (nSPS) is 10.9. The lowest BCUT2D eigenvalue weighted by Gasteiger charge is -2.04. The van der Waals surface area contributed by atoms with Crippen LogP contribution >= 0.6 is 0 Å². The highest BCUT2D eigenvalue weighted by molar-refractivity contribution is 4.44. The van der Waals surface area contributed by atoms with Crippen molar-refractivity contribution in [2.24, 2.45) is 0 Å². The molecule has 1 radical (unpaired) electrons.